The number of benzene rings is 1. The van der Waals surface area contributed by atoms with Gasteiger partial charge in [-0.3, -0.25) is 4.79 Å². The molecular weight excluding hydrogens is 356 g/mol. The van der Waals surface area contributed by atoms with E-state index in [4.69, 9.17) is 4.74 Å². The average molecular weight is 377 g/mol. The number of hydrogen-bond acceptors (Lipinski definition) is 2. The number of para-hydroxylation sites is 1. The Balaban J connectivity index is 1.48. The van der Waals surface area contributed by atoms with E-state index in [1.54, 1.807) is 0 Å². The van der Waals surface area contributed by atoms with Gasteiger partial charge in [0.15, 0.2) is 0 Å². The monoisotopic (exact) mass is 376 g/mol. The molecule has 0 unspecified atom stereocenters. The third-order valence-electron chi connectivity index (χ3n) is 5.02. The second kappa shape index (κ2) is 6.29. The van der Waals surface area contributed by atoms with Gasteiger partial charge < -0.3 is 14.6 Å². The number of halogens is 1. The Labute approximate surface area is 144 Å². The summed E-state index contributed by atoms with van der Waals surface area (Å²) in [5.41, 5.74) is 3.69. The molecular formula is C18H21BrN2O2. The molecule has 0 spiro atoms. The molecule has 2 aliphatic rings. The molecule has 5 heteroatoms. The molecule has 1 aromatic carbocycles. The Hall–Kier alpha value is -1.33. The number of nitrogens with one attached hydrogen (secondary N) is 1. The molecule has 23 heavy (non-hydrogen) atoms. The van der Waals surface area contributed by atoms with Crippen LogP contribution in [0.5, 0.6) is 0 Å². The second-order valence-electron chi connectivity index (χ2n) is 6.48. The zero-order valence-corrected chi connectivity index (χ0v) is 14.7. The van der Waals surface area contributed by atoms with Crippen LogP contribution in [0.4, 0.5) is 0 Å². The van der Waals surface area contributed by atoms with E-state index in [2.05, 4.69) is 39.1 Å². The zero-order chi connectivity index (χ0) is 15.8. The Morgan fingerprint density at radius 2 is 2.35 bits per heavy atom. The van der Waals surface area contributed by atoms with Crippen molar-refractivity contribution >= 4 is 32.7 Å². The van der Waals surface area contributed by atoms with Crippen molar-refractivity contribution in [1.82, 2.24) is 9.88 Å². The van der Waals surface area contributed by atoms with Crippen molar-refractivity contribution in [2.75, 3.05) is 13.2 Å². The topological polar surface area (TPSA) is 45.3 Å². The fourth-order valence-corrected chi connectivity index (χ4v) is 4.20. The molecule has 0 bridgehead atoms. The standard InChI is InChI=1S/C18H21BrN2O2/c19-15-5-1-4-13-14-11-21(9-8-16(14)20-18(13)15)17(22)7-6-12-3-2-10-23-12/h1,4-5,12,20H,2-3,6-11H2/t12-/m1/s1. The van der Waals surface area contributed by atoms with Gasteiger partial charge in [-0.2, -0.15) is 0 Å². The van der Waals surface area contributed by atoms with E-state index in [0.29, 0.717) is 12.5 Å². The first kappa shape index (κ1) is 15.2. The molecule has 1 aromatic heterocycles. The van der Waals surface area contributed by atoms with Crippen molar-refractivity contribution < 1.29 is 9.53 Å². The van der Waals surface area contributed by atoms with Crippen molar-refractivity contribution in [2.24, 2.45) is 0 Å². The normalized spacial score (nSPS) is 20.9. The van der Waals surface area contributed by atoms with E-state index in [-0.39, 0.29) is 5.91 Å². The number of ether oxygens (including phenoxy) is 1. The predicted molar refractivity (Wildman–Crippen MR) is 93.3 cm³/mol. The maximum atomic E-state index is 12.5. The highest BCUT2D eigenvalue weighted by Gasteiger charge is 2.25. The summed E-state index contributed by atoms with van der Waals surface area (Å²) < 4.78 is 6.71. The molecule has 1 fully saturated rings. The van der Waals surface area contributed by atoms with Gasteiger partial charge in [-0.25, -0.2) is 0 Å². The number of hydrogen-bond donors (Lipinski definition) is 1. The molecule has 122 valence electrons. The zero-order valence-electron chi connectivity index (χ0n) is 13.1. The summed E-state index contributed by atoms with van der Waals surface area (Å²) >= 11 is 3.60. The number of H-pyrrole nitrogens is 1. The lowest BCUT2D eigenvalue weighted by Gasteiger charge is -2.27. The molecule has 3 heterocycles. The van der Waals surface area contributed by atoms with E-state index in [1.165, 1.54) is 16.6 Å². The lowest BCUT2D eigenvalue weighted by atomic mass is 10.0. The lowest BCUT2D eigenvalue weighted by molar-refractivity contribution is -0.132. The molecule has 0 radical (unpaired) electrons. The summed E-state index contributed by atoms with van der Waals surface area (Å²) in [6.45, 7) is 2.38. The lowest BCUT2D eigenvalue weighted by Crippen LogP contribution is -2.36. The van der Waals surface area contributed by atoms with Crippen LogP contribution >= 0.6 is 15.9 Å². The Morgan fingerprint density at radius 1 is 1.43 bits per heavy atom. The minimum absolute atomic E-state index is 0.260. The summed E-state index contributed by atoms with van der Waals surface area (Å²) in [6.07, 6.45) is 4.91. The third kappa shape index (κ3) is 2.92. The molecule has 1 atom stereocenters. The molecule has 1 N–H and O–H groups in total. The second-order valence-corrected chi connectivity index (χ2v) is 7.34. The van der Waals surface area contributed by atoms with Crippen LogP contribution in [0.25, 0.3) is 10.9 Å². The smallest absolute Gasteiger partial charge is 0.222 e. The highest BCUT2D eigenvalue weighted by molar-refractivity contribution is 9.10. The number of aromatic nitrogens is 1. The van der Waals surface area contributed by atoms with Gasteiger partial charge >= 0.3 is 0 Å². The fourth-order valence-electron chi connectivity index (χ4n) is 3.73. The molecule has 4 rings (SSSR count). The number of nitrogens with zero attached hydrogens (tertiary/aromatic N) is 1. The predicted octanol–water partition coefficient (Wildman–Crippen LogP) is 3.77. The number of fused-ring (bicyclic) bond motifs is 3. The van der Waals surface area contributed by atoms with Crippen LogP contribution in [0, 0.1) is 0 Å². The van der Waals surface area contributed by atoms with Crippen molar-refractivity contribution in [1.29, 1.82) is 0 Å². The first-order chi connectivity index (χ1) is 11.2. The SMILES string of the molecule is O=C(CC[C@H]1CCCO1)N1CCc2[nH]c3c(Br)cccc3c2C1. The van der Waals surface area contributed by atoms with Crippen molar-refractivity contribution in [3.05, 3.63) is 33.9 Å². The Morgan fingerprint density at radius 3 is 3.17 bits per heavy atom. The minimum atomic E-state index is 0.260. The molecule has 4 nitrogen and oxygen atoms in total. The molecule has 1 saturated heterocycles. The van der Waals surface area contributed by atoms with Gasteiger partial charge in [0.05, 0.1) is 11.6 Å². The average Bonchev–Trinajstić information content (AvgIpc) is 3.20. The highest BCUT2D eigenvalue weighted by atomic mass is 79.9. The quantitative estimate of drug-likeness (QED) is 0.885. The maximum absolute atomic E-state index is 12.5. The third-order valence-corrected chi connectivity index (χ3v) is 5.68. The van der Waals surface area contributed by atoms with Crippen molar-refractivity contribution in [2.45, 2.75) is 44.8 Å². The van der Waals surface area contributed by atoms with Crippen LogP contribution < -0.4 is 0 Å². The van der Waals surface area contributed by atoms with Crippen LogP contribution in [0.15, 0.2) is 22.7 Å². The first-order valence-corrected chi connectivity index (χ1v) is 9.19. The van der Waals surface area contributed by atoms with Gasteiger partial charge in [0.25, 0.3) is 0 Å². The van der Waals surface area contributed by atoms with Crippen molar-refractivity contribution in [3.63, 3.8) is 0 Å². The van der Waals surface area contributed by atoms with Crippen LogP contribution in [0.1, 0.15) is 36.9 Å². The highest BCUT2D eigenvalue weighted by Crippen LogP contribution is 2.32. The van der Waals surface area contributed by atoms with Crippen LogP contribution in [-0.2, 0) is 22.5 Å². The van der Waals surface area contributed by atoms with Gasteiger partial charge in [0, 0.05) is 53.7 Å². The molecule has 0 aliphatic carbocycles. The van der Waals surface area contributed by atoms with Gasteiger partial charge in [0.2, 0.25) is 5.91 Å². The van der Waals surface area contributed by atoms with Gasteiger partial charge in [0.1, 0.15) is 0 Å². The van der Waals surface area contributed by atoms with Gasteiger partial charge in [-0.15, -0.1) is 0 Å². The Bertz CT molecular complexity index is 734. The van der Waals surface area contributed by atoms with E-state index in [0.717, 1.165) is 55.4 Å². The van der Waals surface area contributed by atoms with E-state index in [1.807, 2.05) is 4.90 Å². The number of carbonyl (C=O) groups excluding carboxylic acids is 1. The number of aromatic amines is 1. The molecule has 1 amide bonds. The summed E-state index contributed by atoms with van der Waals surface area (Å²) in [5.74, 6) is 0.260. The maximum Gasteiger partial charge on any atom is 0.222 e. The van der Waals surface area contributed by atoms with Crippen LogP contribution in [0.2, 0.25) is 0 Å². The fraction of sp³-hybridized carbons (Fsp3) is 0.500. The number of amides is 1. The minimum Gasteiger partial charge on any atom is -0.378 e. The molecule has 2 aliphatic heterocycles. The largest absolute Gasteiger partial charge is 0.378 e. The number of rotatable bonds is 3. The molecule has 0 saturated carbocycles. The van der Waals surface area contributed by atoms with E-state index in [9.17, 15) is 4.79 Å². The van der Waals surface area contributed by atoms with Gasteiger partial charge in [-0.05, 0) is 41.3 Å². The summed E-state index contributed by atoms with van der Waals surface area (Å²) in [6, 6.07) is 6.24. The number of carbonyl (C=O) groups is 1. The summed E-state index contributed by atoms with van der Waals surface area (Å²) in [7, 11) is 0. The van der Waals surface area contributed by atoms with E-state index >= 15 is 0 Å². The summed E-state index contributed by atoms with van der Waals surface area (Å²) in [4.78, 5) is 18.1. The van der Waals surface area contributed by atoms with Gasteiger partial charge in [-0.1, -0.05) is 12.1 Å². The van der Waals surface area contributed by atoms with E-state index < -0.39 is 0 Å². The van der Waals surface area contributed by atoms with Crippen molar-refractivity contribution in [3.8, 4) is 0 Å². The first-order valence-electron chi connectivity index (χ1n) is 8.39. The summed E-state index contributed by atoms with van der Waals surface area (Å²) in [5, 5.41) is 1.23. The van der Waals surface area contributed by atoms with Crippen LogP contribution in [0.3, 0.4) is 0 Å². The Kier molecular flexibility index (Phi) is 4.16. The van der Waals surface area contributed by atoms with Crippen LogP contribution in [-0.4, -0.2) is 35.0 Å². The molecule has 2 aromatic rings.